The highest BCUT2D eigenvalue weighted by molar-refractivity contribution is 6.14. The van der Waals surface area contributed by atoms with Crippen LogP contribution in [0.1, 0.15) is 6.42 Å². The van der Waals surface area contributed by atoms with Gasteiger partial charge in [0.2, 0.25) is 11.4 Å². The summed E-state index contributed by atoms with van der Waals surface area (Å²) in [5.41, 5.74) is 8.62. The third-order valence-corrected chi connectivity index (χ3v) is 3.08. The van der Waals surface area contributed by atoms with Gasteiger partial charge in [-0.25, -0.2) is 9.78 Å². The van der Waals surface area contributed by atoms with E-state index in [1.165, 1.54) is 6.07 Å². The number of pyridine rings is 1. The Morgan fingerprint density at radius 2 is 1.86 bits per heavy atom. The van der Waals surface area contributed by atoms with Gasteiger partial charge in [-0.05, 0) is 18.2 Å². The lowest BCUT2D eigenvalue weighted by Gasteiger charge is -2.21. The molecule has 0 aliphatic rings. The number of nitrogens with one attached hydrogen (secondary N) is 1. The van der Waals surface area contributed by atoms with Gasteiger partial charge in [-0.15, -0.1) is 0 Å². The maximum absolute atomic E-state index is 12.1. The van der Waals surface area contributed by atoms with Gasteiger partial charge in [-0.3, -0.25) is 9.59 Å². The van der Waals surface area contributed by atoms with Crippen LogP contribution in [0.3, 0.4) is 0 Å². The second-order valence-corrected chi connectivity index (χ2v) is 4.76. The number of nitrogens with two attached hydrogens (primary N) is 2. The van der Waals surface area contributed by atoms with Gasteiger partial charge in [-0.2, -0.15) is 0 Å². The number of carbonyl (C=O) groups excluding carboxylic acids is 2. The number of hydrogen-bond donors (Lipinski definition) is 4. The molecule has 2 aromatic rings. The van der Waals surface area contributed by atoms with Crippen molar-refractivity contribution < 1.29 is 19.5 Å². The van der Waals surface area contributed by atoms with Gasteiger partial charge in [0.1, 0.15) is 5.82 Å². The molecule has 0 saturated heterocycles. The molecule has 1 aromatic heterocycles. The lowest BCUT2D eigenvalue weighted by Crippen LogP contribution is -2.59. The Balaban J connectivity index is 2.28. The number of hydrogen-bond acceptors (Lipinski definition) is 5. The number of carbonyl (C=O) groups is 3. The first-order valence-corrected chi connectivity index (χ1v) is 6.31. The first-order valence-electron chi connectivity index (χ1n) is 6.31. The molecule has 0 unspecified atom stereocenters. The van der Waals surface area contributed by atoms with Gasteiger partial charge in [0.05, 0.1) is 11.9 Å². The number of benzene rings is 1. The molecule has 8 heteroatoms. The van der Waals surface area contributed by atoms with Gasteiger partial charge in [0.15, 0.2) is 0 Å². The first kappa shape index (κ1) is 15.4. The fraction of sp³-hybridized carbons (Fsp3) is 0.143. The van der Waals surface area contributed by atoms with Crippen molar-refractivity contribution in [3.05, 3.63) is 36.4 Å². The van der Waals surface area contributed by atoms with E-state index in [-0.39, 0.29) is 5.82 Å². The second kappa shape index (κ2) is 5.78. The molecule has 1 atom stereocenters. The van der Waals surface area contributed by atoms with Crippen LogP contribution in [0, 0.1) is 0 Å². The van der Waals surface area contributed by atoms with Crippen LogP contribution < -0.4 is 16.8 Å². The molecule has 6 N–H and O–H groups in total. The summed E-state index contributed by atoms with van der Waals surface area (Å²) in [4.78, 5) is 38.4. The van der Waals surface area contributed by atoms with Crippen molar-refractivity contribution in [2.45, 2.75) is 12.0 Å². The smallest absolute Gasteiger partial charge is 0.334 e. The number of fused-ring (bicyclic) bond motifs is 1. The predicted molar refractivity (Wildman–Crippen MR) is 78.7 cm³/mol. The number of rotatable bonds is 5. The summed E-state index contributed by atoms with van der Waals surface area (Å²) in [6, 6.07) is 10.4. The molecule has 0 fully saturated rings. The lowest BCUT2D eigenvalue weighted by molar-refractivity contribution is -0.149. The van der Waals surface area contributed by atoms with Crippen molar-refractivity contribution in [1.29, 1.82) is 0 Å². The predicted octanol–water partition coefficient (Wildman–Crippen LogP) is -0.169. The highest BCUT2D eigenvalue weighted by atomic mass is 16.4. The number of carboxylic acids is 1. The standard InChI is InChI=1S/C14H14N4O4/c15-10(19)7-14(16,13(21)22)12(20)18-11-6-5-8-3-1-2-4-9(8)17-11/h1-6H,7,16H2,(H2,15,19)(H,21,22)(H,17,18,20)/t14-/m1/s1. The van der Waals surface area contributed by atoms with Crippen LogP contribution in [0.2, 0.25) is 0 Å². The molecule has 1 heterocycles. The second-order valence-electron chi connectivity index (χ2n) is 4.76. The van der Waals surface area contributed by atoms with Crippen LogP contribution in [0.25, 0.3) is 10.9 Å². The molecule has 0 aliphatic carbocycles. The molecule has 0 aliphatic heterocycles. The van der Waals surface area contributed by atoms with Crippen LogP contribution in [0.4, 0.5) is 5.82 Å². The largest absolute Gasteiger partial charge is 0.479 e. The summed E-state index contributed by atoms with van der Waals surface area (Å²) in [7, 11) is 0. The van der Waals surface area contributed by atoms with Crippen LogP contribution >= 0.6 is 0 Å². The zero-order valence-corrected chi connectivity index (χ0v) is 11.4. The van der Waals surface area contributed by atoms with Crippen LogP contribution in [0.5, 0.6) is 0 Å². The Bertz CT molecular complexity index is 761. The SMILES string of the molecule is NC(=O)C[C@](N)(C(=O)O)C(=O)Nc1ccc2ccccc2n1. The Morgan fingerprint density at radius 3 is 2.50 bits per heavy atom. The van der Waals surface area contributed by atoms with E-state index in [4.69, 9.17) is 16.6 Å². The number of amides is 2. The summed E-state index contributed by atoms with van der Waals surface area (Å²) in [6.07, 6.45) is -0.818. The van der Waals surface area contributed by atoms with Gasteiger partial charge < -0.3 is 21.9 Å². The number of primary amides is 1. The fourth-order valence-corrected chi connectivity index (χ4v) is 1.89. The first-order chi connectivity index (χ1) is 10.3. The Labute approximate surface area is 125 Å². The third-order valence-electron chi connectivity index (χ3n) is 3.08. The van der Waals surface area contributed by atoms with Gasteiger partial charge in [0, 0.05) is 5.39 Å². The topological polar surface area (TPSA) is 148 Å². The highest BCUT2D eigenvalue weighted by Gasteiger charge is 2.44. The summed E-state index contributed by atoms with van der Waals surface area (Å²) >= 11 is 0. The quantitative estimate of drug-likeness (QED) is 0.563. The van der Waals surface area contributed by atoms with E-state index in [9.17, 15) is 14.4 Å². The van der Waals surface area contributed by atoms with E-state index in [2.05, 4.69) is 10.3 Å². The monoisotopic (exact) mass is 302 g/mol. The maximum atomic E-state index is 12.1. The number of nitrogens with zero attached hydrogens (tertiary/aromatic N) is 1. The zero-order chi connectivity index (χ0) is 16.3. The summed E-state index contributed by atoms with van der Waals surface area (Å²) in [6.45, 7) is 0. The van der Waals surface area contributed by atoms with Gasteiger partial charge in [0.25, 0.3) is 5.91 Å². The molecule has 0 spiro atoms. The van der Waals surface area contributed by atoms with E-state index >= 15 is 0 Å². The molecular formula is C14H14N4O4. The minimum Gasteiger partial charge on any atom is -0.479 e. The van der Waals surface area contributed by atoms with E-state index in [0.29, 0.717) is 5.52 Å². The zero-order valence-electron chi connectivity index (χ0n) is 11.4. The molecule has 0 bridgehead atoms. The van der Waals surface area contributed by atoms with Crippen molar-refractivity contribution >= 4 is 34.5 Å². The lowest BCUT2D eigenvalue weighted by atomic mass is 9.95. The Kier molecular flexibility index (Phi) is 4.04. The fourth-order valence-electron chi connectivity index (χ4n) is 1.89. The number of carboxylic acid groups (broad SMARTS) is 1. The summed E-state index contributed by atoms with van der Waals surface area (Å²) < 4.78 is 0. The van der Waals surface area contributed by atoms with Crippen LogP contribution in [0.15, 0.2) is 36.4 Å². The van der Waals surface area contributed by atoms with E-state index in [0.717, 1.165) is 5.39 Å². The van der Waals surface area contributed by atoms with Crippen molar-refractivity contribution in [1.82, 2.24) is 4.98 Å². The summed E-state index contributed by atoms with van der Waals surface area (Å²) in [5.74, 6) is -3.58. The Morgan fingerprint density at radius 1 is 1.18 bits per heavy atom. The Hall–Kier alpha value is -3.00. The average Bonchev–Trinajstić information content (AvgIpc) is 2.46. The molecule has 114 valence electrons. The number of anilines is 1. The third kappa shape index (κ3) is 3.01. The van der Waals surface area contributed by atoms with E-state index < -0.39 is 29.7 Å². The number of aromatic nitrogens is 1. The molecule has 0 radical (unpaired) electrons. The van der Waals surface area contributed by atoms with Crippen molar-refractivity contribution in [2.75, 3.05) is 5.32 Å². The van der Waals surface area contributed by atoms with Crippen molar-refractivity contribution in [3.63, 3.8) is 0 Å². The molecule has 2 amide bonds. The molecule has 8 nitrogen and oxygen atoms in total. The average molecular weight is 302 g/mol. The van der Waals surface area contributed by atoms with Crippen molar-refractivity contribution in [2.24, 2.45) is 11.5 Å². The minimum absolute atomic E-state index is 0.129. The molecule has 2 rings (SSSR count). The van der Waals surface area contributed by atoms with E-state index in [1.807, 2.05) is 12.1 Å². The maximum Gasteiger partial charge on any atom is 0.334 e. The van der Waals surface area contributed by atoms with E-state index in [1.54, 1.807) is 18.2 Å². The van der Waals surface area contributed by atoms with Crippen LogP contribution in [-0.2, 0) is 14.4 Å². The van der Waals surface area contributed by atoms with Gasteiger partial charge in [-0.1, -0.05) is 18.2 Å². The highest BCUT2D eigenvalue weighted by Crippen LogP contribution is 2.16. The number of para-hydroxylation sites is 1. The normalized spacial score (nSPS) is 13.3. The van der Waals surface area contributed by atoms with Crippen molar-refractivity contribution in [3.8, 4) is 0 Å². The molecule has 1 aromatic carbocycles. The molecule has 22 heavy (non-hydrogen) atoms. The molecule has 0 saturated carbocycles. The van der Waals surface area contributed by atoms with Gasteiger partial charge >= 0.3 is 5.97 Å². The molecular weight excluding hydrogens is 288 g/mol. The summed E-state index contributed by atoms with van der Waals surface area (Å²) in [5, 5.41) is 12.2. The number of aliphatic carboxylic acids is 1. The minimum atomic E-state index is -2.45. The van der Waals surface area contributed by atoms with Crippen LogP contribution in [-0.4, -0.2) is 33.4 Å².